The van der Waals surface area contributed by atoms with Gasteiger partial charge >= 0.3 is 0 Å². The molecule has 0 amide bonds. The van der Waals surface area contributed by atoms with Crippen LogP contribution in [0.25, 0.3) is 0 Å². The smallest absolute Gasteiger partial charge is 0.127 e. The van der Waals surface area contributed by atoms with Crippen LogP contribution >= 0.6 is 0 Å². The quantitative estimate of drug-likeness (QED) is 0.666. The van der Waals surface area contributed by atoms with Crippen molar-refractivity contribution in [2.75, 3.05) is 32.7 Å². The van der Waals surface area contributed by atoms with Gasteiger partial charge in [0.05, 0.1) is 6.54 Å². The maximum absolute atomic E-state index is 2.33. The van der Waals surface area contributed by atoms with E-state index in [4.69, 9.17) is 0 Å². The summed E-state index contributed by atoms with van der Waals surface area (Å²) in [6, 6.07) is 8.95. The van der Waals surface area contributed by atoms with Crippen LogP contribution in [-0.2, 0) is 6.54 Å². The third-order valence-corrected chi connectivity index (χ3v) is 3.70. The molecule has 16 heavy (non-hydrogen) atoms. The van der Waals surface area contributed by atoms with E-state index in [0.29, 0.717) is 0 Å². The van der Waals surface area contributed by atoms with E-state index in [1.807, 2.05) is 0 Å². The maximum Gasteiger partial charge on any atom is 0.127 e. The molecule has 0 atom stereocenters. The predicted molar refractivity (Wildman–Crippen MR) is 66.8 cm³/mol. The van der Waals surface area contributed by atoms with Crippen LogP contribution in [0.5, 0.6) is 0 Å². The van der Waals surface area contributed by atoms with Gasteiger partial charge in [0.15, 0.2) is 0 Å². The monoisotopic (exact) mass is 220 g/mol. The molecule has 0 radical (unpaired) electrons. The van der Waals surface area contributed by atoms with Crippen molar-refractivity contribution in [2.45, 2.75) is 20.4 Å². The van der Waals surface area contributed by atoms with Crippen LogP contribution in [0.15, 0.2) is 24.3 Å². The molecule has 2 heteroatoms. The molecule has 2 N–H and O–H groups in total. The molecule has 0 bridgehead atoms. The number of quaternary nitrogens is 2. The summed E-state index contributed by atoms with van der Waals surface area (Å²) in [6.07, 6.45) is 0. The Bertz CT molecular complexity index is 327. The molecule has 0 aliphatic carbocycles. The van der Waals surface area contributed by atoms with E-state index >= 15 is 0 Å². The highest BCUT2D eigenvalue weighted by molar-refractivity contribution is 5.21. The summed E-state index contributed by atoms with van der Waals surface area (Å²) in [5.74, 6) is 0. The van der Waals surface area contributed by atoms with Crippen molar-refractivity contribution in [2.24, 2.45) is 0 Å². The number of rotatable bonds is 3. The number of benzene rings is 1. The van der Waals surface area contributed by atoms with Gasteiger partial charge in [-0.2, -0.15) is 0 Å². The lowest BCUT2D eigenvalue weighted by molar-refractivity contribution is -1.02. The van der Waals surface area contributed by atoms with Crippen molar-refractivity contribution in [1.29, 1.82) is 0 Å². The molecule has 1 aromatic carbocycles. The second-order valence-electron chi connectivity index (χ2n) is 5.02. The zero-order valence-electron chi connectivity index (χ0n) is 10.6. The minimum atomic E-state index is 1.21. The normalized spacial score (nSPS) is 25.6. The van der Waals surface area contributed by atoms with Gasteiger partial charge in [0, 0.05) is 5.56 Å². The van der Waals surface area contributed by atoms with E-state index in [1.165, 1.54) is 50.4 Å². The zero-order chi connectivity index (χ0) is 11.4. The van der Waals surface area contributed by atoms with Crippen LogP contribution in [0.2, 0.25) is 0 Å². The van der Waals surface area contributed by atoms with E-state index in [2.05, 4.69) is 38.1 Å². The molecule has 1 saturated heterocycles. The first kappa shape index (κ1) is 11.6. The van der Waals surface area contributed by atoms with Crippen molar-refractivity contribution < 1.29 is 9.80 Å². The van der Waals surface area contributed by atoms with Crippen molar-refractivity contribution in [3.63, 3.8) is 0 Å². The fourth-order valence-corrected chi connectivity index (χ4v) is 2.60. The minimum absolute atomic E-state index is 1.21. The Morgan fingerprint density at radius 3 is 2.38 bits per heavy atom. The average Bonchev–Trinajstić information content (AvgIpc) is 2.30. The van der Waals surface area contributed by atoms with Gasteiger partial charge < -0.3 is 9.80 Å². The molecule has 0 saturated carbocycles. The molecule has 0 unspecified atom stereocenters. The summed E-state index contributed by atoms with van der Waals surface area (Å²) < 4.78 is 0. The second kappa shape index (κ2) is 5.46. The summed E-state index contributed by atoms with van der Waals surface area (Å²) in [5, 5.41) is 0. The molecular weight excluding hydrogens is 196 g/mol. The third kappa shape index (κ3) is 3.06. The van der Waals surface area contributed by atoms with E-state index in [1.54, 1.807) is 9.80 Å². The van der Waals surface area contributed by atoms with Crippen molar-refractivity contribution in [3.8, 4) is 0 Å². The Morgan fingerprint density at radius 1 is 1.06 bits per heavy atom. The van der Waals surface area contributed by atoms with Crippen molar-refractivity contribution in [3.05, 3.63) is 35.4 Å². The van der Waals surface area contributed by atoms with Gasteiger partial charge in [-0.3, -0.25) is 0 Å². The SMILES string of the molecule is CC[NH+]1CC[NH+](Cc2cccc(C)c2)CC1. The van der Waals surface area contributed by atoms with Gasteiger partial charge in [-0.1, -0.05) is 29.8 Å². The number of likely N-dealkylation sites (N-methyl/N-ethyl adjacent to an activating group) is 1. The highest BCUT2D eigenvalue weighted by Crippen LogP contribution is 2.01. The molecule has 1 heterocycles. The summed E-state index contributed by atoms with van der Waals surface area (Å²) in [4.78, 5) is 3.52. The molecule has 1 aliphatic rings. The lowest BCUT2D eigenvalue weighted by Crippen LogP contribution is -3.27. The first-order valence-corrected chi connectivity index (χ1v) is 6.50. The Morgan fingerprint density at radius 2 is 1.75 bits per heavy atom. The van der Waals surface area contributed by atoms with Gasteiger partial charge in [0.25, 0.3) is 0 Å². The number of aryl methyl sites for hydroxylation is 1. The summed E-state index contributed by atoms with van der Waals surface area (Å²) in [7, 11) is 0. The minimum Gasteiger partial charge on any atom is -0.326 e. The first-order chi connectivity index (χ1) is 7.78. The largest absolute Gasteiger partial charge is 0.326 e. The lowest BCUT2D eigenvalue weighted by atomic mass is 10.1. The summed E-state index contributed by atoms with van der Waals surface area (Å²) in [5.41, 5.74) is 2.88. The molecule has 1 fully saturated rings. The number of hydrogen-bond acceptors (Lipinski definition) is 0. The Kier molecular flexibility index (Phi) is 3.97. The number of piperazine rings is 1. The second-order valence-corrected chi connectivity index (χ2v) is 5.02. The van der Waals surface area contributed by atoms with Crippen LogP contribution in [-0.4, -0.2) is 32.7 Å². The van der Waals surface area contributed by atoms with Gasteiger partial charge in [-0.05, 0) is 13.8 Å². The molecule has 88 valence electrons. The maximum atomic E-state index is 2.33. The van der Waals surface area contributed by atoms with Crippen LogP contribution in [0, 0.1) is 6.92 Å². The topological polar surface area (TPSA) is 8.88 Å². The lowest BCUT2D eigenvalue weighted by Gasteiger charge is -2.29. The summed E-state index contributed by atoms with van der Waals surface area (Å²) >= 11 is 0. The van der Waals surface area contributed by atoms with Crippen LogP contribution in [0.1, 0.15) is 18.1 Å². The molecule has 0 spiro atoms. The third-order valence-electron chi connectivity index (χ3n) is 3.70. The number of hydrogen-bond donors (Lipinski definition) is 2. The first-order valence-electron chi connectivity index (χ1n) is 6.50. The van der Waals surface area contributed by atoms with E-state index in [-0.39, 0.29) is 0 Å². The van der Waals surface area contributed by atoms with Crippen molar-refractivity contribution in [1.82, 2.24) is 0 Å². The Balaban J connectivity index is 1.87. The van der Waals surface area contributed by atoms with Gasteiger partial charge in [0.2, 0.25) is 0 Å². The van der Waals surface area contributed by atoms with Crippen LogP contribution in [0.4, 0.5) is 0 Å². The van der Waals surface area contributed by atoms with Crippen molar-refractivity contribution >= 4 is 0 Å². The zero-order valence-corrected chi connectivity index (χ0v) is 10.6. The highest BCUT2D eigenvalue weighted by Gasteiger charge is 2.21. The van der Waals surface area contributed by atoms with Crippen LogP contribution < -0.4 is 9.80 Å². The summed E-state index contributed by atoms with van der Waals surface area (Å²) in [6.45, 7) is 12.3. The molecule has 1 aromatic rings. The van der Waals surface area contributed by atoms with E-state index < -0.39 is 0 Å². The van der Waals surface area contributed by atoms with E-state index in [0.717, 1.165) is 0 Å². The predicted octanol–water partition coefficient (Wildman–Crippen LogP) is -0.702. The molecule has 1 aliphatic heterocycles. The van der Waals surface area contributed by atoms with Gasteiger partial charge in [0.1, 0.15) is 32.7 Å². The molecule has 0 aromatic heterocycles. The van der Waals surface area contributed by atoms with Gasteiger partial charge in [-0.25, -0.2) is 0 Å². The Hall–Kier alpha value is -0.860. The standard InChI is InChI=1S/C14H22N2/c1-3-15-7-9-16(10-8-15)12-14-6-4-5-13(2)11-14/h4-6,11H,3,7-10,12H2,1-2H3/p+2. The highest BCUT2D eigenvalue weighted by atomic mass is 15.3. The van der Waals surface area contributed by atoms with Crippen LogP contribution in [0.3, 0.4) is 0 Å². The molecular formula is C14H24N2+2. The fraction of sp³-hybridized carbons (Fsp3) is 0.571. The van der Waals surface area contributed by atoms with Gasteiger partial charge in [-0.15, -0.1) is 0 Å². The number of nitrogens with one attached hydrogen (secondary N) is 2. The molecule has 2 nitrogen and oxygen atoms in total. The fourth-order valence-electron chi connectivity index (χ4n) is 2.60. The average molecular weight is 220 g/mol. The Labute approximate surface area is 98.9 Å². The molecule has 2 rings (SSSR count). The van der Waals surface area contributed by atoms with E-state index in [9.17, 15) is 0 Å².